The van der Waals surface area contributed by atoms with E-state index in [1.165, 1.54) is 16.8 Å². The average molecular weight is 452 g/mol. The van der Waals surface area contributed by atoms with E-state index in [4.69, 9.17) is 9.47 Å². The molecule has 0 bridgehead atoms. The van der Waals surface area contributed by atoms with Crippen LogP contribution in [0, 0.1) is 0 Å². The Morgan fingerprint density at radius 1 is 1.09 bits per heavy atom. The molecular formula is C26H35N4O3+. The summed E-state index contributed by atoms with van der Waals surface area (Å²) in [6.07, 6.45) is 2.77. The second-order valence-corrected chi connectivity index (χ2v) is 8.89. The van der Waals surface area contributed by atoms with Crippen LogP contribution < -0.4 is 9.64 Å². The van der Waals surface area contributed by atoms with E-state index in [-0.39, 0.29) is 5.91 Å². The van der Waals surface area contributed by atoms with E-state index >= 15 is 0 Å². The van der Waals surface area contributed by atoms with Crippen molar-refractivity contribution < 1.29 is 18.8 Å². The van der Waals surface area contributed by atoms with Gasteiger partial charge in [0.2, 0.25) is 6.34 Å². The molecule has 2 aliphatic heterocycles. The lowest BCUT2D eigenvalue weighted by molar-refractivity contribution is -0.429. The van der Waals surface area contributed by atoms with Crippen molar-refractivity contribution in [2.24, 2.45) is 0 Å². The van der Waals surface area contributed by atoms with E-state index in [1.54, 1.807) is 7.11 Å². The Hall–Kier alpha value is -2.90. The first-order valence-electron chi connectivity index (χ1n) is 11.7. The first-order valence-corrected chi connectivity index (χ1v) is 11.7. The van der Waals surface area contributed by atoms with Crippen molar-refractivity contribution in [3.05, 3.63) is 59.2 Å². The number of nitrogens with zero attached hydrogens (tertiary/aromatic N) is 4. The normalized spacial score (nSPS) is 16.9. The number of carbonyl (C=O) groups is 1. The molecule has 0 aliphatic carbocycles. The number of methoxy groups -OCH3 is 1. The van der Waals surface area contributed by atoms with Crippen LogP contribution >= 0.6 is 0 Å². The zero-order valence-electron chi connectivity index (χ0n) is 20.0. The van der Waals surface area contributed by atoms with Gasteiger partial charge in [0.05, 0.1) is 40.0 Å². The zero-order chi connectivity index (χ0) is 23.2. The molecule has 1 fully saturated rings. The summed E-state index contributed by atoms with van der Waals surface area (Å²) >= 11 is 0. The summed E-state index contributed by atoms with van der Waals surface area (Å²) in [6.45, 7) is 6.80. The third-order valence-corrected chi connectivity index (χ3v) is 6.32. The first kappa shape index (κ1) is 23.3. The lowest BCUT2D eigenvalue weighted by Crippen LogP contribution is -2.48. The summed E-state index contributed by atoms with van der Waals surface area (Å²) in [4.78, 5) is 20.1. The van der Waals surface area contributed by atoms with Crippen molar-refractivity contribution in [1.82, 2.24) is 9.80 Å². The third kappa shape index (κ3) is 5.92. The summed E-state index contributed by atoms with van der Waals surface area (Å²) in [5.74, 6) is 0.932. The van der Waals surface area contributed by atoms with Crippen molar-refractivity contribution in [2.75, 3.05) is 72.0 Å². The Morgan fingerprint density at radius 2 is 1.85 bits per heavy atom. The molecule has 4 rings (SSSR count). The van der Waals surface area contributed by atoms with Gasteiger partial charge in [-0.3, -0.25) is 9.80 Å². The van der Waals surface area contributed by atoms with Crippen LogP contribution in [0.25, 0.3) is 0 Å². The van der Waals surface area contributed by atoms with Crippen molar-refractivity contribution in [2.45, 2.75) is 13.0 Å². The maximum Gasteiger partial charge on any atom is 0.340 e. The number of fused-ring (bicyclic) bond motifs is 1. The fourth-order valence-corrected chi connectivity index (χ4v) is 4.42. The van der Waals surface area contributed by atoms with Crippen molar-refractivity contribution in [3.8, 4) is 5.75 Å². The van der Waals surface area contributed by atoms with Crippen LogP contribution in [-0.4, -0.2) is 93.7 Å². The van der Waals surface area contributed by atoms with E-state index < -0.39 is 0 Å². The highest BCUT2D eigenvalue weighted by Gasteiger charge is 2.22. The van der Waals surface area contributed by atoms with Gasteiger partial charge >= 0.3 is 5.91 Å². The van der Waals surface area contributed by atoms with E-state index in [9.17, 15) is 4.79 Å². The number of anilines is 1. The van der Waals surface area contributed by atoms with E-state index in [1.807, 2.05) is 60.2 Å². The number of hydrogen-bond donors (Lipinski definition) is 0. The Morgan fingerprint density at radius 3 is 2.55 bits per heavy atom. The standard InChI is InChI=1S/C26H35N4O3/c1-27(2)20-30(26(31)22-4-5-23-19-33-17-10-21(23)18-22)16-13-28-11-14-29(15-12-28)24-6-8-25(32-3)9-7-24/h4-9,18,20H,10-17,19H2,1-3H3/q+1. The largest absolute Gasteiger partial charge is 0.497 e. The van der Waals surface area contributed by atoms with E-state index in [0.29, 0.717) is 13.2 Å². The van der Waals surface area contributed by atoms with Crippen LogP contribution in [0.5, 0.6) is 5.75 Å². The second-order valence-electron chi connectivity index (χ2n) is 8.89. The van der Waals surface area contributed by atoms with E-state index in [2.05, 4.69) is 21.9 Å². The Bertz CT molecular complexity index is 980. The number of piperazine rings is 1. The smallest absolute Gasteiger partial charge is 0.340 e. The van der Waals surface area contributed by atoms with Gasteiger partial charge in [-0.05, 0) is 53.9 Å². The van der Waals surface area contributed by atoms with Gasteiger partial charge in [0.25, 0.3) is 0 Å². The Kier molecular flexibility index (Phi) is 7.62. The molecule has 2 aromatic rings. The zero-order valence-corrected chi connectivity index (χ0v) is 20.0. The third-order valence-electron chi connectivity index (χ3n) is 6.32. The van der Waals surface area contributed by atoms with Crippen LogP contribution in [0.15, 0.2) is 42.5 Å². The molecule has 33 heavy (non-hydrogen) atoms. The number of ether oxygens (including phenoxy) is 2. The fourth-order valence-electron chi connectivity index (χ4n) is 4.42. The molecule has 0 aromatic heterocycles. The van der Waals surface area contributed by atoms with E-state index in [0.717, 1.165) is 57.1 Å². The predicted molar refractivity (Wildman–Crippen MR) is 131 cm³/mol. The molecule has 0 atom stereocenters. The summed E-state index contributed by atoms with van der Waals surface area (Å²) < 4.78 is 12.6. The van der Waals surface area contributed by atoms with Gasteiger partial charge in [0, 0.05) is 38.4 Å². The number of rotatable bonds is 7. The van der Waals surface area contributed by atoms with Crippen LogP contribution in [0.4, 0.5) is 5.69 Å². The lowest BCUT2D eigenvalue weighted by atomic mass is 10.00. The lowest BCUT2D eigenvalue weighted by Gasteiger charge is -2.36. The number of carbonyl (C=O) groups excluding carboxylic acids is 1. The first-order chi connectivity index (χ1) is 16.0. The fraction of sp³-hybridized carbons (Fsp3) is 0.462. The molecule has 0 saturated carbocycles. The number of benzene rings is 2. The van der Waals surface area contributed by atoms with Crippen LogP contribution in [0.3, 0.4) is 0 Å². The van der Waals surface area contributed by atoms with Crippen LogP contribution in [-0.2, 0) is 17.8 Å². The van der Waals surface area contributed by atoms with Crippen molar-refractivity contribution >= 4 is 17.9 Å². The molecule has 0 unspecified atom stereocenters. The minimum atomic E-state index is 0.0508. The molecule has 1 amide bonds. The Balaban J connectivity index is 1.35. The molecule has 176 valence electrons. The summed E-state index contributed by atoms with van der Waals surface area (Å²) in [5.41, 5.74) is 4.39. The quantitative estimate of drug-likeness (QED) is 0.366. The molecule has 2 aliphatic rings. The molecule has 7 heteroatoms. The molecular weight excluding hydrogens is 416 g/mol. The molecule has 0 spiro atoms. The van der Waals surface area contributed by atoms with Crippen LogP contribution in [0.2, 0.25) is 0 Å². The van der Waals surface area contributed by atoms with Crippen molar-refractivity contribution in [1.29, 1.82) is 0 Å². The monoisotopic (exact) mass is 451 g/mol. The van der Waals surface area contributed by atoms with Gasteiger partial charge in [0.1, 0.15) is 12.3 Å². The highest BCUT2D eigenvalue weighted by molar-refractivity contribution is 5.90. The summed E-state index contributed by atoms with van der Waals surface area (Å²) in [7, 11) is 5.60. The predicted octanol–water partition coefficient (Wildman–Crippen LogP) is 2.33. The van der Waals surface area contributed by atoms with Gasteiger partial charge in [-0.25, -0.2) is 4.79 Å². The average Bonchev–Trinajstić information content (AvgIpc) is 2.86. The van der Waals surface area contributed by atoms with Gasteiger partial charge in [0.15, 0.2) is 0 Å². The van der Waals surface area contributed by atoms with Gasteiger partial charge in [-0.1, -0.05) is 6.07 Å². The summed E-state index contributed by atoms with van der Waals surface area (Å²) in [5, 5.41) is 0. The maximum absolute atomic E-state index is 13.3. The molecule has 7 nitrogen and oxygen atoms in total. The minimum absolute atomic E-state index is 0.0508. The number of amides is 1. The van der Waals surface area contributed by atoms with Crippen molar-refractivity contribution in [3.63, 3.8) is 0 Å². The molecule has 2 aromatic carbocycles. The van der Waals surface area contributed by atoms with Crippen LogP contribution in [0.1, 0.15) is 21.5 Å². The highest BCUT2D eigenvalue weighted by atomic mass is 16.5. The topological polar surface area (TPSA) is 48.3 Å². The molecule has 2 heterocycles. The maximum atomic E-state index is 13.3. The summed E-state index contributed by atoms with van der Waals surface area (Å²) in [6, 6.07) is 14.3. The highest BCUT2D eigenvalue weighted by Crippen LogP contribution is 2.21. The van der Waals surface area contributed by atoms with Gasteiger partial charge < -0.3 is 14.4 Å². The Labute approximate surface area is 196 Å². The molecule has 0 radical (unpaired) electrons. The minimum Gasteiger partial charge on any atom is -0.497 e. The van der Waals surface area contributed by atoms with Gasteiger partial charge in [-0.15, -0.1) is 0 Å². The van der Waals surface area contributed by atoms with Gasteiger partial charge in [-0.2, -0.15) is 4.58 Å². The molecule has 0 N–H and O–H groups in total. The molecule has 1 saturated heterocycles. The SMILES string of the molecule is COc1ccc(N2CCN(CC[N+](=CN(C)C)C(=O)c3ccc4c(c3)CCOC4)CC2)cc1. The number of hydrogen-bond acceptors (Lipinski definition) is 5. The second kappa shape index (κ2) is 10.8.